The summed E-state index contributed by atoms with van der Waals surface area (Å²) in [6.07, 6.45) is 0. The SMILES string of the molecule is CCON1CCOCC1C. The average Bonchev–Trinajstić information content (AvgIpc) is 1.94. The second-order valence-corrected chi connectivity index (χ2v) is 2.48. The van der Waals surface area contributed by atoms with Crippen LogP contribution in [0.2, 0.25) is 0 Å². The van der Waals surface area contributed by atoms with Crippen molar-refractivity contribution >= 4 is 0 Å². The van der Waals surface area contributed by atoms with E-state index in [1.807, 2.05) is 12.0 Å². The van der Waals surface area contributed by atoms with Crippen molar-refractivity contribution in [2.45, 2.75) is 19.9 Å². The number of hydroxylamine groups is 2. The molecule has 0 saturated carbocycles. The molecule has 0 radical (unpaired) electrons. The molecule has 1 unspecified atom stereocenters. The lowest BCUT2D eigenvalue weighted by Gasteiger charge is -2.31. The quantitative estimate of drug-likeness (QED) is 0.569. The molecule has 0 aromatic rings. The molecule has 1 fully saturated rings. The third kappa shape index (κ3) is 1.94. The summed E-state index contributed by atoms with van der Waals surface area (Å²) < 4.78 is 5.24. The maximum absolute atomic E-state index is 5.35. The minimum atomic E-state index is 0.411. The summed E-state index contributed by atoms with van der Waals surface area (Å²) in [6.45, 7) is 7.35. The number of nitrogens with zero attached hydrogens (tertiary/aromatic N) is 1. The Balaban J connectivity index is 2.25. The Labute approximate surface area is 61.9 Å². The van der Waals surface area contributed by atoms with Gasteiger partial charge in [0.1, 0.15) is 0 Å². The summed E-state index contributed by atoms with van der Waals surface area (Å²) in [6, 6.07) is 0.411. The summed E-state index contributed by atoms with van der Waals surface area (Å²) in [5.41, 5.74) is 0. The van der Waals surface area contributed by atoms with Crippen LogP contribution in [0.3, 0.4) is 0 Å². The van der Waals surface area contributed by atoms with Crippen molar-refractivity contribution in [3.8, 4) is 0 Å². The molecule has 3 heteroatoms. The van der Waals surface area contributed by atoms with Gasteiger partial charge in [-0.1, -0.05) is 0 Å². The molecular formula is C7H15NO2. The van der Waals surface area contributed by atoms with Gasteiger partial charge in [0.25, 0.3) is 0 Å². The Kier molecular flexibility index (Phi) is 3.12. The normalized spacial score (nSPS) is 28.8. The molecule has 0 bridgehead atoms. The van der Waals surface area contributed by atoms with E-state index in [9.17, 15) is 0 Å². The zero-order chi connectivity index (χ0) is 7.40. The van der Waals surface area contributed by atoms with E-state index in [1.54, 1.807) is 0 Å². The minimum Gasteiger partial charge on any atom is -0.378 e. The molecule has 10 heavy (non-hydrogen) atoms. The molecule has 1 aliphatic rings. The molecule has 1 aliphatic heterocycles. The third-order valence-electron chi connectivity index (χ3n) is 1.60. The van der Waals surface area contributed by atoms with Crippen LogP contribution in [-0.4, -0.2) is 37.5 Å². The second kappa shape index (κ2) is 3.91. The molecule has 1 rings (SSSR count). The van der Waals surface area contributed by atoms with Gasteiger partial charge in [-0.3, -0.25) is 4.84 Å². The van der Waals surface area contributed by atoms with Gasteiger partial charge in [0.2, 0.25) is 0 Å². The first-order chi connectivity index (χ1) is 4.84. The predicted octanol–water partition coefficient (Wildman–Crippen LogP) is 0.659. The van der Waals surface area contributed by atoms with Crippen LogP contribution in [0.15, 0.2) is 0 Å². The summed E-state index contributed by atoms with van der Waals surface area (Å²) >= 11 is 0. The number of rotatable bonds is 2. The number of ether oxygens (including phenoxy) is 1. The highest BCUT2D eigenvalue weighted by atomic mass is 16.7. The third-order valence-corrected chi connectivity index (χ3v) is 1.60. The summed E-state index contributed by atoms with van der Waals surface area (Å²) in [4.78, 5) is 5.35. The molecule has 3 nitrogen and oxygen atoms in total. The van der Waals surface area contributed by atoms with Gasteiger partial charge in [0.15, 0.2) is 0 Å². The summed E-state index contributed by atoms with van der Waals surface area (Å²) in [5.74, 6) is 0. The van der Waals surface area contributed by atoms with Crippen LogP contribution in [0.4, 0.5) is 0 Å². The fourth-order valence-electron chi connectivity index (χ4n) is 1.07. The van der Waals surface area contributed by atoms with E-state index < -0.39 is 0 Å². The molecule has 1 saturated heterocycles. The molecular weight excluding hydrogens is 130 g/mol. The second-order valence-electron chi connectivity index (χ2n) is 2.48. The van der Waals surface area contributed by atoms with Crippen LogP contribution in [0, 0.1) is 0 Å². The van der Waals surface area contributed by atoms with E-state index in [0.717, 1.165) is 26.4 Å². The van der Waals surface area contributed by atoms with Crippen LogP contribution < -0.4 is 0 Å². The predicted molar refractivity (Wildman–Crippen MR) is 38.6 cm³/mol. The number of hydrogen-bond donors (Lipinski definition) is 0. The topological polar surface area (TPSA) is 21.7 Å². The lowest BCUT2D eigenvalue weighted by atomic mass is 10.3. The first kappa shape index (κ1) is 7.98. The Morgan fingerprint density at radius 2 is 2.50 bits per heavy atom. The van der Waals surface area contributed by atoms with Gasteiger partial charge in [0.05, 0.1) is 25.9 Å². The average molecular weight is 145 g/mol. The molecule has 0 spiro atoms. The summed E-state index contributed by atoms with van der Waals surface area (Å²) in [5, 5.41) is 1.99. The van der Waals surface area contributed by atoms with Crippen LogP contribution in [0.25, 0.3) is 0 Å². The molecule has 1 heterocycles. The van der Waals surface area contributed by atoms with Crippen LogP contribution >= 0.6 is 0 Å². The van der Waals surface area contributed by atoms with Gasteiger partial charge in [-0.05, 0) is 13.8 Å². The zero-order valence-electron chi connectivity index (χ0n) is 6.67. The Morgan fingerprint density at radius 3 is 3.10 bits per heavy atom. The maximum Gasteiger partial charge on any atom is 0.0657 e. The van der Waals surface area contributed by atoms with Crippen molar-refractivity contribution in [3.05, 3.63) is 0 Å². The molecule has 0 amide bonds. The van der Waals surface area contributed by atoms with Gasteiger partial charge in [-0.25, -0.2) is 0 Å². The zero-order valence-corrected chi connectivity index (χ0v) is 6.67. The van der Waals surface area contributed by atoms with Crippen molar-refractivity contribution in [1.82, 2.24) is 5.06 Å². The van der Waals surface area contributed by atoms with Crippen molar-refractivity contribution in [2.24, 2.45) is 0 Å². The van der Waals surface area contributed by atoms with E-state index in [2.05, 4.69) is 6.92 Å². The lowest BCUT2D eigenvalue weighted by molar-refractivity contribution is -0.217. The van der Waals surface area contributed by atoms with Gasteiger partial charge in [-0.2, -0.15) is 5.06 Å². The van der Waals surface area contributed by atoms with E-state index >= 15 is 0 Å². The molecule has 1 atom stereocenters. The fourth-order valence-corrected chi connectivity index (χ4v) is 1.07. The highest BCUT2D eigenvalue weighted by molar-refractivity contribution is 4.62. The highest BCUT2D eigenvalue weighted by Crippen LogP contribution is 2.05. The number of hydrogen-bond acceptors (Lipinski definition) is 3. The van der Waals surface area contributed by atoms with Crippen molar-refractivity contribution in [2.75, 3.05) is 26.4 Å². The van der Waals surface area contributed by atoms with Gasteiger partial charge < -0.3 is 4.74 Å². The first-order valence-electron chi connectivity index (χ1n) is 3.82. The maximum atomic E-state index is 5.35. The highest BCUT2D eigenvalue weighted by Gasteiger charge is 2.18. The molecule has 0 N–H and O–H groups in total. The summed E-state index contributed by atoms with van der Waals surface area (Å²) in [7, 11) is 0. The fraction of sp³-hybridized carbons (Fsp3) is 1.00. The smallest absolute Gasteiger partial charge is 0.0657 e. The van der Waals surface area contributed by atoms with E-state index in [-0.39, 0.29) is 0 Å². The van der Waals surface area contributed by atoms with E-state index in [0.29, 0.717) is 6.04 Å². The van der Waals surface area contributed by atoms with Gasteiger partial charge in [0, 0.05) is 6.54 Å². The molecule has 60 valence electrons. The Bertz CT molecular complexity index is 95.6. The lowest BCUT2D eigenvalue weighted by Crippen LogP contribution is -2.43. The van der Waals surface area contributed by atoms with E-state index in [1.165, 1.54) is 0 Å². The standard InChI is InChI=1S/C7H15NO2/c1-3-10-8-4-5-9-6-7(8)2/h7H,3-6H2,1-2H3. The van der Waals surface area contributed by atoms with Crippen LogP contribution in [-0.2, 0) is 9.57 Å². The largest absolute Gasteiger partial charge is 0.378 e. The van der Waals surface area contributed by atoms with Crippen molar-refractivity contribution in [3.63, 3.8) is 0 Å². The number of morpholine rings is 1. The Morgan fingerprint density at radius 1 is 1.70 bits per heavy atom. The Hall–Kier alpha value is -0.120. The van der Waals surface area contributed by atoms with Crippen molar-refractivity contribution < 1.29 is 9.57 Å². The monoisotopic (exact) mass is 145 g/mol. The first-order valence-corrected chi connectivity index (χ1v) is 3.82. The van der Waals surface area contributed by atoms with E-state index in [4.69, 9.17) is 9.57 Å². The van der Waals surface area contributed by atoms with Crippen LogP contribution in [0.1, 0.15) is 13.8 Å². The molecule has 0 aliphatic carbocycles. The molecule has 0 aromatic heterocycles. The van der Waals surface area contributed by atoms with Gasteiger partial charge in [-0.15, -0.1) is 0 Å². The minimum absolute atomic E-state index is 0.411. The molecule has 0 aromatic carbocycles. The van der Waals surface area contributed by atoms with Crippen LogP contribution in [0.5, 0.6) is 0 Å². The van der Waals surface area contributed by atoms with Gasteiger partial charge >= 0.3 is 0 Å². The van der Waals surface area contributed by atoms with Crippen molar-refractivity contribution in [1.29, 1.82) is 0 Å².